The topological polar surface area (TPSA) is 158 Å². The number of esters is 6. The van der Waals surface area contributed by atoms with Crippen molar-refractivity contribution in [2.45, 2.75) is 253 Å². The smallest absolute Gasteiger partial charge is 0.434 e. The molecular weight excluding hydrogens is 988 g/mol. The maximum Gasteiger partial charge on any atom is 0.434 e. The summed E-state index contributed by atoms with van der Waals surface area (Å²) in [6.45, 7) is 26.3. The van der Waals surface area contributed by atoms with Gasteiger partial charge in [-0.2, -0.15) is 39.5 Å². The minimum Gasteiger partial charge on any atom is -0.459 e. The predicted octanol–water partition coefficient (Wildman–Crippen LogP) is 14.2. The first-order chi connectivity index (χ1) is 33.1. The van der Waals surface area contributed by atoms with Crippen molar-refractivity contribution in [3.63, 3.8) is 0 Å². The Hall–Kier alpha value is -4.33. The van der Waals surface area contributed by atoms with Gasteiger partial charge in [0.05, 0.1) is 10.8 Å². The molecule has 0 heterocycles. The molecule has 2 aliphatic carbocycles. The van der Waals surface area contributed by atoms with Crippen molar-refractivity contribution < 1.29 is 96.7 Å². The summed E-state index contributed by atoms with van der Waals surface area (Å²) in [4.78, 5) is 69.0. The third-order valence-electron chi connectivity index (χ3n) is 12.8. The van der Waals surface area contributed by atoms with Crippen LogP contribution in [0.1, 0.15) is 206 Å². The lowest BCUT2D eigenvalue weighted by molar-refractivity contribution is -0.316. The van der Waals surface area contributed by atoms with E-state index in [1.165, 1.54) is 85.0 Å². The van der Waals surface area contributed by atoms with Crippen LogP contribution in [0.3, 0.4) is 0 Å². The van der Waals surface area contributed by atoms with E-state index in [0.717, 1.165) is 58.8 Å². The van der Waals surface area contributed by atoms with Gasteiger partial charge in [-0.1, -0.05) is 79.4 Å². The Morgan fingerprint density at radius 2 is 0.863 bits per heavy atom. The zero-order valence-corrected chi connectivity index (χ0v) is 45.3. The van der Waals surface area contributed by atoms with Crippen molar-refractivity contribution >= 4 is 35.8 Å². The maximum absolute atomic E-state index is 12.4. The first kappa shape index (κ1) is 70.7. The van der Waals surface area contributed by atoms with E-state index < -0.39 is 72.2 Å². The highest BCUT2D eigenvalue weighted by Crippen LogP contribution is 2.38. The maximum atomic E-state index is 12.4. The lowest BCUT2D eigenvalue weighted by atomic mass is 9.83. The molecule has 0 aromatic heterocycles. The van der Waals surface area contributed by atoms with Crippen molar-refractivity contribution in [3.05, 3.63) is 24.3 Å². The number of carbonyl (C=O) groups excluding carboxylic acids is 6. The molecule has 0 amide bonds. The second-order valence-electron chi connectivity index (χ2n) is 20.4. The first-order valence-electron chi connectivity index (χ1n) is 24.9. The van der Waals surface area contributed by atoms with Crippen LogP contribution in [0.2, 0.25) is 0 Å². The normalized spacial score (nSPS) is 16.9. The van der Waals surface area contributed by atoms with Gasteiger partial charge in [0.1, 0.15) is 11.2 Å². The molecule has 2 saturated carbocycles. The molecule has 2 aliphatic rings. The van der Waals surface area contributed by atoms with Crippen molar-refractivity contribution in [2.75, 3.05) is 6.61 Å². The van der Waals surface area contributed by atoms with E-state index in [4.69, 9.17) is 14.2 Å². The fourth-order valence-corrected chi connectivity index (χ4v) is 6.59. The van der Waals surface area contributed by atoms with Gasteiger partial charge in [0, 0.05) is 11.1 Å². The van der Waals surface area contributed by atoms with E-state index in [1.807, 2.05) is 13.8 Å². The van der Waals surface area contributed by atoms with Crippen LogP contribution in [0.5, 0.6) is 0 Å². The van der Waals surface area contributed by atoms with E-state index >= 15 is 0 Å². The number of rotatable bonds is 16. The summed E-state index contributed by atoms with van der Waals surface area (Å²) in [5, 5.41) is 0. The SMILES string of the molecule is C=C(C)C(=O)OC1(CC)CCCCCCC1.C=C(C)C(=O)OCC(=O)OC(C)C(F)(F)F.CCC(C)(C)C(=O)OC(C)(C)C(=O)OC(C(F)(F)F)C(F)(F)F.CCC1(OC(=O)C(C)(C)CC)CCCCCCC1. The van der Waals surface area contributed by atoms with Crippen LogP contribution in [0.15, 0.2) is 24.3 Å². The van der Waals surface area contributed by atoms with Crippen molar-refractivity contribution in [3.8, 4) is 0 Å². The second kappa shape index (κ2) is 30.9. The van der Waals surface area contributed by atoms with E-state index in [-0.39, 0.29) is 40.5 Å². The molecule has 0 aliphatic heterocycles. The van der Waals surface area contributed by atoms with Crippen LogP contribution < -0.4 is 0 Å². The number of hydrogen-bond donors (Lipinski definition) is 0. The van der Waals surface area contributed by atoms with E-state index in [1.54, 1.807) is 13.8 Å². The van der Waals surface area contributed by atoms with Gasteiger partial charge in [0.15, 0.2) is 12.7 Å². The highest BCUT2D eigenvalue weighted by Gasteiger charge is 2.61. The Bertz CT molecular complexity index is 1750. The minimum atomic E-state index is -5.84. The average Bonchev–Trinajstić information content (AvgIpc) is 3.25. The second-order valence-corrected chi connectivity index (χ2v) is 20.4. The van der Waals surface area contributed by atoms with E-state index in [9.17, 15) is 68.3 Å². The van der Waals surface area contributed by atoms with Gasteiger partial charge in [-0.3, -0.25) is 9.59 Å². The van der Waals surface area contributed by atoms with E-state index in [0.29, 0.717) is 12.5 Å². The summed E-state index contributed by atoms with van der Waals surface area (Å²) in [6, 6.07) is 0. The fraction of sp³-hybridized carbons (Fsp3) is 0.808. The van der Waals surface area contributed by atoms with Crippen molar-refractivity contribution in [1.82, 2.24) is 0 Å². The Balaban J connectivity index is 0. The van der Waals surface area contributed by atoms with E-state index in [2.05, 4.69) is 48.1 Å². The van der Waals surface area contributed by atoms with Crippen molar-refractivity contribution in [2.24, 2.45) is 10.8 Å². The van der Waals surface area contributed by atoms with Crippen LogP contribution in [0, 0.1) is 10.8 Å². The van der Waals surface area contributed by atoms with Crippen molar-refractivity contribution in [1.29, 1.82) is 0 Å². The molecule has 2 fully saturated rings. The Kier molecular flexibility index (Phi) is 29.9. The molecule has 0 aromatic rings. The first-order valence-corrected chi connectivity index (χ1v) is 24.9. The molecule has 73 heavy (non-hydrogen) atoms. The summed E-state index contributed by atoms with van der Waals surface area (Å²) >= 11 is 0. The highest BCUT2D eigenvalue weighted by atomic mass is 19.4. The molecule has 21 heteroatoms. The third-order valence-corrected chi connectivity index (χ3v) is 12.8. The predicted molar refractivity (Wildman–Crippen MR) is 255 cm³/mol. The monoisotopic (exact) mass is 1070 g/mol. The zero-order chi connectivity index (χ0) is 57.5. The fourth-order valence-electron chi connectivity index (χ4n) is 6.59. The molecule has 1 unspecified atom stereocenters. The summed E-state index contributed by atoms with van der Waals surface area (Å²) in [5.41, 5.74) is -3.56. The van der Waals surface area contributed by atoms with Gasteiger partial charge in [-0.15, -0.1) is 0 Å². The number of hydrogen-bond acceptors (Lipinski definition) is 12. The standard InChI is InChI=1S/C16H30O2.C14H24O2.C13H18F6O4.C9H11F3O4/c1-5-15(3,4)14(17)18-16(6-2)12-10-8-7-9-11-13-16;1-4-14(16-13(15)12(2)3)10-8-6-5-7-9-11-14;1-6-10(2,3)8(20)23-11(4,5)9(21)22-7(12(14,15)16)13(17,18)19;1-5(2)8(14)15-4-7(13)16-6(3)9(10,11)12/h5-13H2,1-4H3;2,4-11H2,1,3H3;7H,6H2,1-5H3;6H,1,4H2,2-3H3. The van der Waals surface area contributed by atoms with Crippen LogP contribution in [-0.2, 0) is 57.2 Å². The van der Waals surface area contributed by atoms with Crippen LogP contribution in [-0.4, -0.2) is 90.0 Å². The summed E-state index contributed by atoms with van der Waals surface area (Å²) in [5.74, 6) is -5.25. The van der Waals surface area contributed by atoms with Gasteiger partial charge in [-0.05, 0) is 139 Å². The summed E-state index contributed by atoms with van der Waals surface area (Å²) in [7, 11) is 0. The van der Waals surface area contributed by atoms with Gasteiger partial charge in [-0.25, -0.2) is 19.2 Å². The third kappa shape index (κ3) is 27.2. The Morgan fingerprint density at radius 3 is 1.19 bits per heavy atom. The van der Waals surface area contributed by atoms with Gasteiger partial charge < -0.3 is 28.4 Å². The molecule has 0 N–H and O–H groups in total. The lowest BCUT2D eigenvalue weighted by Crippen LogP contribution is -2.50. The largest absolute Gasteiger partial charge is 0.459 e. The van der Waals surface area contributed by atoms with Crippen LogP contribution >= 0.6 is 0 Å². The van der Waals surface area contributed by atoms with Crippen LogP contribution in [0.4, 0.5) is 39.5 Å². The molecule has 426 valence electrons. The number of carbonyl (C=O) groups is 6. The Morgan fingerprint density at radius 1 is 0.507 bits per heavy atom. The number of halogens is 9. The highest BCUT2D eigenvalue weighted by molar-refractivity contribution is 5.88. The number of alkyl halides is 9. The molecule has 0 spiro atoms. The molecule has 2 rings (SSSR count). The summed E-state index contributed by atoms with van der Waals surface area (Å²) in [6.07, 6.45) is -3.15. The minimum absolute atomic E-state index is 0.00702. The lowest BCUT2D eigenvalue weighted by Gasteiger charge is -2.37. The molecule has 0 aromatic carbocycles. The van der Waals surface area contributed by atoms with Gasteiger partial charge in [0.2, 0.25) is 5.60 Å². The van der Waals surface area contributed by atoms with Gasteiger partial charge in [0.25, 0.3) is 6.10 Å². The molecular formula is C52H83F9O12. The van der Waals surface area contributed by atoms with Crippen LogP contribution in [0.25, 0.3) is 0 Å². The molecule has 12 nitrogen and oxygen atoms in total. The molecule has 0 saturated heterocycles. The molecule has 1 atom stereocenters. The molecule has 0 radical (unpaired) electrons. The summed E-state index contributed by atoms with van der Waals surface area (Å²) < 4.78 is 138. The van der Waals surface area contributed by atoms with Gasteiger partial charge >= 0.3 is 54.3 Å². The molecule has 0 bridgehead atoms. The quantitative estimate of drug-likeness (QED) is 0.0624. The Labute approximate surface area is 426 Å². The number of ether oxygens (including phenoxy) is 6. The zero-order valence-electron chi connectivity index (χ0n) is 45.3. The average molecular weight is 1070 g/mol.